The molecule has 0 fully saturated rings. The fourth-order valence-electron chi connectivity index (χ4n) is 2.79. The summed E-state index contributed by atoms with van der Waals surface area (Å²) < 4.78 is 5.02. The van der Waals surface area contributed by atoms with E-state index in [-0.39, 0.29) is 17.6 Å². The third-order valence-electron chi connectivity index (χ3n) is 3.83. The zero-order chi connectivity index (χ0) is 14.6. The average molecular weight is 276 g/mol. The highest BCUT2D eigenvalue weighted by atomic mass is 16.5. The van der Waals surface area contributed by atoms with Crippen LogP contribution in [0.4, 0.5) is 4.79 Å². The van der Waals surface area contributed by atoms with Crippen LogP contribution in [-0.2, 0) is 17.6 Å². The van der Waals surface area contributed by atoms with Gasteiger partial charge in [-0.2, -0.15) is 0 Å². The maximum Gasteiger partial charge on any atom is 0.315 e. The maximum absolute atomic E-state index is 12.1. The molecule has 1 aromatic rings. The molecule has 0 radical (unpaired) electrons. The molecule has 1 aliphatic rings. The Morgan fingerprint density at radius 2 is 1.95 bits per heavy atom. The molecule has 0 unspecified atom stereocenters. The van der Waals surface area contributed by atoms with Crippen molar-refractivity contribution in [3.63, 3.8) is 0 Å². The average Bonchev–Trinajstić information content (AvgIpc) is 2.71. The molecule has 1 atom stereocenters. The van der Waals surface area contributed by atoms with Crippen molar-refractivity contribution in [3.8, 4) is 0 Å². The first-order valence-electron chi connectivity index (χ1n) is 7.17. The third-order valence-corrected chi connectivity index (χ3v) is 3.83. The minimum absolute atomic E-state index is 0.0936. The number of rotatable bonds is 5. The lowest BCUT2D eigenvalue weighted by molar-refractivity contribution is 0.182. The summed E-state index contributed by atoms with van der Waals surface area (Å²) in [6.45, 7) is 4.75. The molecule has 1 aromatic carbocycles. The lowest BCUT2D eigenvalue weighted by atomic mass is 9.99. The third kappa shape index (κ3) is 3.73. The Morgan fingerprint density at radius 1 is 1.35 bits per heavy atom. The van der Waals surface area contributed by atoms with Crippen LogP contribution in [0.1, 0.15) is 31.4 Å². The number of carbonyl (C=O) groups is 1. The Morgan fingerprint density at radius 3 is 2.50 bits per heavy atom. The molecule has 20 heavy (non-hydrogen) atoms. The molecule has 0 saturated carbocycles. The van der Waals surface area contributed by atoms with Crippen molar-refractivity contribution in [2.45, 2.75) is 44.7 Å². The summed E-state index contributed by atoms with van der Waals surface area (Å²) in [5, 5.41) is 6.08. The van der Waals surface area contributed by atoms with Crippen LogP contribution in [0.15, 0.2) is 24.3 Å². The van der Waals surface area contributed by atoms with Gasteiger partial charge in [-0.3, -0.25) is 0 Å². The molecule has 0 spiro atoms. The Labute approximate surface area is 120 Å². The Hall–Kier alpha value is -1.55. The first kappa shape index (κ1) is 14.9. The second-order valence-corrected chi connectivity index (χ2v) is 5.96. The number of urea groups is 1. The normalized spacial score (nSPS) is 17.4. The molecule has 4 heteroatoms. The predicted octanol–water partition coefficient (Wildman–Crippen LogP) is 2.27. The minimum atomic E-state index is -0.186. The number of benzene rings is 1. The van der Waals surface area contributed by atoms with Crippen molar-refractivity contribution < 1.29 is 9.53 Å². The lowest BCUT2D eigenvalue weighted by Gasteiger charge is -2.26. The van der Waals surface area contributed by atoms with E-state index in [9.17, 15) is 4.79 Å². The summed E-state index contributed by atoms with van der Waals surface area (Å²) in [5.74, 6) is 0. The molecule has 0 heterocycles. The Bertz CT molecular complexity index is 448. The zero-order valence-electron chi connectivity index (χ0n) is 12.5. The van der Waals surface area contributed by atoms with Crippen LogP contribution >= 0.6 is 0 Å². The topological polar surface area (TPSA) is 50.4 Å². The second kappa shape index (κ2) is 6.27. The van der Waals surface area contributed by atoms with Crippen molar-refractivity contribution in [2.24, 2.45) is 0 Å². The van der Waals surface area contributed by atoms with Crippen LogP contribution in [-0.4, -0.2) is 31.3 Å². The Kier molecular flexibility index (Phi) is 4.65. The first-order chi connectivity index (χ1) is 9.52. The van der Waals surface area contributed by atoms with E-state index in [2.05, 4.69) is 41.8 Å². The van der Waals surface area contributed by atoms with Gasteiger partial charge in [0.05, 0.1) is 0 Å². The van der Waals surface area contributed by atoms with E-state index in [0.29, 0.717) is 6.61 Å². The summed E-state index contributed by atoms with van der Waals surface area (Å²) in [7, 11) is 1.67. The number of methoxy groups -OCH3 is 1. The fourth-order valence-corrected chi connectivity index (χ4v) is 2.79. The highest BCUT2D eigenvalue weighted by molar-refractivity contribution is 5.75. The molecule has 4 nitrogen and oxygen atoms in total. The standard InChI is InChI=1S/C16H24N2O2/c1-12(8-9-20-3)17-15(19)18-16(2)10-13-6-4-5-7-14(13)11-16/h4-7,12H,8-11H2,1-3H3,(H2,17,18,19)/t12-/m0/s1. The van der Waals surface area contributed by atoms with Gasteiger partial charge < -0.3 is 15.4 Å². The molecule has 1 aliphatic carbocycles. The van der Waals surface area contributed by atoms with Gasteiger partial charge in [0.2, 0.25) is 0 Å². The van der Waals surface area contributed by atoms with Gasteiger partial charge in [0, 0.05) is 25.3 Å². The van der Waals surface area contributed by atoms with Gasteiger partial charge in [-0.25, -0.2) is 4.79 Å². The maximum atomic E-state index is 12.1. The van der Waals surface area contributed by atoms with E-state index in [0.717, 1.165) is 19.3 Å². The van der Waals surface area contributed by atoms with Crippen LogP contribution < -0.4 is 10.6 Å². The molecular formula is C16H24N2O2. The highest BCUT2D eigenvalue weighted by Gasteiger charge is 2.34. The number of ether oxygens (including phenoxy) is 1. The van der Waals surface area contributed by atoms with Gasteiger partial charge in [-0.05, 0) is 44.2 Å². The van der Waals surface area contributed by atoms with Gasteiger partial charge in [0.15, 0.2) is 0 Å². The van der Waals surface area contributed by atoms with Gasteiger partial charge >= 0.3 is 6.03 Å². The quantitative estimate of drug-likeness (QED) is 0.867. The van der Waals surface area contributed by atoms with E-state index in [1.807, 2.05) is 6.92 Å². The molecule has 0 bridgehead atoms. The predicted molar refractivity (Wildman–Crippen MR) is 79.9 cm³/mol. The smallest absolute Gasteiger partial charge is 0.315 e. The van der Waals surface area contributed by atoms with E-state index >= 15 is 0 Å². The largest absolute Gasteiger partial charge is 0.385 e. The monoisotopic (exact) mass is 276 g/mol. The fraction of sp³-hybridized carbons (Fsp3) is 0.562. The van der Waals surface area contributed by atoms with E-state index in [1.54, 1.807) is 7.11 Å². The molecule has 110 valence electrons. The van der Waals surface area contributed by atoms with Gasteiger partial charge in [-0.15, -0.1) is 0 Å². The van der Waals surface area contributed by atoms with Gasteiger partial charge in [-0.1, -0.05) is 24.3 Å². The van der Waals surface area contributed by atoms with E-state index in [4.69, 9.17) is 4.74 Å². The number of amides is 2. The summed E-state index contributed by atoms with van der Waals surface area (Å²) in [6, 6.07) is 8.41. The van der Waals surface area contributed by atoms with Crippen LogP contribution in [0, 0.1) is 0 Å². The van der Waals surface area contributed by atoms with Crippen LogP contribution in [0.2, 0.25) is 0 Å². The molecular weight excluding hydrogens is 252 g/mol. The molecule has 0 aromatic heterocycles. The highest BCUT2D eigenvalue weighted by Crippen LogP contribution is 2.29. The zero-order valence-corrected chi connectivity index (χ0v) is 12.5. The van der Waals surface area contributed by atoms with Crippen LogP contribution in [0.5, 0.6) is 0 Å². The second-order valence-electron chi connectivity index (χ2n) is 5.96. The van der Waals surface area contributed by atoms with Crippen molar-refractivity contribution >= 4 is 6.03 Å². The summed E-state index contributed by atoms with van der Waals surface area (Å²) >= 11 is 0. The number of carbonyl (C=O) groups excluding carboxylic acids is 1. The molecule has 2 amide bonds. The molecule has 0 saturated heterocycles. The summed E-state index contributed by atoms with van der Waals surface area (Å²) in [5.41, 5.74) is 2.49. The molecule has 2 N–H and O–H groups in total. The van der Waals surface area contributed by atoms with Crippen molar-refractivity contribution in [1.29, 1.82) is 0 Å². The summed E-state index contributed by atoms with van der Waals surface area (Å²) in [4.78, 5) is 12.1. The number of hydrogen-bond acceptors (Lipinski definition) is 2. The van der Waals surface area contributed by atoms with E-state index in [1.165, 1.54) is 11.1 Å². The number of nitrogens with one attached hydrogen (secondary N) is 2. The van der Waals surface area contributed by atoms with Gasteiger partial charge in [0.1, 0.15) is 0 Å². The van der Waals surface area contributed by atoms with Crippen LogP contribution in [0.3, 0.4) is 0 Å². The number of fused-ring (bicyclic) bond motifs is 1. The Balaban J connectivity index is 1.86. The molecule has 0 aliphatic heterocycles. The van der Waals surface area contributed by atoms with E-state index < -0.39 is 0 Å². The summed E-state index contributed by atoms with van der Waals surface area (Å²) in [6.07, 6.45) is 2.60. The van der Waals surface area contributed by atoms with Crippen molar-refractivity contribution in [2.75, 3.05) is 13.7 Å². The lowest BCUT2D eigenvalue weighted by Crippen LogP contribution is -2.52. The molecule has 2 rings (SSSR count). The number of hydrogen-bond donors (Lipinski definition) is 2. The SMILES string of the molecule is COCC[C@H](C)NC(=O)NC1(C)Cc2ccccc2C1. The van der Waals surface area contributed by atoms with Crippen LogP contribution in [0.25, 0.3) is 0 Å². The minimum Gasteiger partial charge on any atom is -0.385 e. The first-order valence-corrected chi connectivity index (χ1v) is 7.17. The van der Waals surface area contributed by atoms with Crippen molar-refractivity contribution in [3.05, 3.63) is 35.4 Å². The van der Waals surface area contributed by atoms with Crippen molar-refractivity contribution in [1.82, 2.24) is 10.6 Å². The van der Waals surface area contributed by atoms with Gasteiger partial charge in [0.25, 0.3) is 0 Å².